The molecule has 0 fully saturated rings. The van der Waals surface area contributed by atoms with Crippen molar-refractivity contribution < 1.29 is 15.0 Å². The van der Waals surface area contributed by atoms with E-state index in [0.717, 1.165) is 0 Å². The Hall–Kier alpha value is -1.26. The number of hydrogen-bond acceptors (Lipinski definition) is 3. The minimum Gasteiger partial charge on any atom is -0.508 e. The van der Waals surface area contributed by atoms with Crippen molar-refractivity contribution in [3.63, 3.8) is 0 Å². The van der Waals surface area contributed by atoms with Gasteiger partial charge in [0.2, 0.25) is 0 Å². The third kappa shape index (κ3) is 2.84. The van der Waals surface area contributed by atoms with Gasteiger partial charge in [-0.1, -0.05) is 11.6 Å². The van der Waals surface area contributed by atoms with Crippen molar-refractivity contribution in [1.29, 1.82) is 0 Å². The van der Waals surface area contributed by atoms with Crippen molar-refractivity contribution in [3.05, 3.63) is 28.3 Å². The Bertz CT molecular complexity index is 392. The van der Waals surface area contributed by atoms with E-state index in [0.29, 0.717) is 16.1 Å². The topological polar surface area (TPSA) is 83.5 Å². The summed E-state index contributed by atoms with van der Waals surface area (Å²) in [5.74, 6) is -1.03. The molecule has 5 heteroatoms. The number of aryl methyl sites for hydroxylation is 1. The number of carboxylic acid groups (broad SMARTS) is 1. The molecule has 0 aliphatic rings. The fraction of sp³-hybridized carbons (Fsp3) is 0.300. The highest BCUT2D eigenvalue weighted by atomic mass is 35.5. The second-order valence-corrected chi connectivity index (χ2v) is 3.76. The fourth-order valence-electron chi connectivity index (χ4n) is 1.29. The summed E-state index contributed by atoms with van der Waals surface area (Å²) in [6.45, 7) is 1.73. The van der Waals surface area contributed by atoms with Crippen molar-refractivity contribution in [3.8, 4) is 5.75 Å². The van der Waals surface area contributed by atoms with E-state index in [1.807, 2.05) is 0 Å². The molecule has 0 aromatic heterocycles. The average Bonchev–Trinajstić information content (AvgIpc) is 2.13. The van der Waals surface area contributed by atoms with E-state index >= 15 is 0 Å². The molecule has 0 amide bonds. The van der Waals surface area contributed by atoms with Crippen LogP contribution in [0.1, 0.15) is 11.1 Å². The summed E-state index contributed by atoms with van der Waals surface area (Å²) < 4.78 is 0. The van der Waals surface area contributed by atoms with Crippen LogP contribution in [0, 0.1) is 6.92 Å². The lowest BCUT2D eigenvalue weighted by Gasteiger charge is -2.10. The first-order valence-electron chi connectivity index (χ1n) is 4.38. The van der Waals surface area contributed by atoms with Gasteiger partial charge >= 0.3 is 5.97 Å². The van der Waals surface area contributed by atoms with Gasteiger partial charge in [-0.15, -0.1) is 0 Å². The Morgan fingerprint density at radius 1 is 1.60 bits per heavy atom. The summed E-state index contributed by atoms with van der Waals surface area (Å²) in [4.78, 5) is 10.6. The Morgan fingerprint density at radius 3 is 2.73 bits per heavy atom. The van der Waals surface area contributed by atoms with Crippen molar-refractivity contribution >= 4 is 17.6 Å². The highest BCUT2D eigenvalue weighted by Gasteiger charge is 2.15. The van der Waals surface area contributed by atoms with E-state index in [9.17, 15) is 9.90 Å². The molecule has 0 heterocycles. The normalized spacial score (nSPS) is 12.5. The summed E-state index contributed by atoms with van der Waals surface area (Å²) in [6, 6.07) is 1.93. The lowest BCUT2D eigenvalue weighted by molar-refractivity contribution is -0.138. The Balaban J connectivity index is 2.99. The second-order valence-electron chi connectivity index (χ2n) is 3.38. The average molecular weight is 230 g/mol. The smallest absolute Gasteiger partial charge is 0.320 e. The molecule has 4 N–H and O–H groups in total. The predicted octanol–water partition coefficient (Wildman–Crippen LogP) is 1.31. The van der Waals surface area contributed by atoms with Crippen LogP contribution in [-0.4, -0.2) is 22.2 Å². The first-order valence-corrected chi connectivity index (χ1v) is 4.76. The molecule has 1 rings (SSSR count). The largest absolute Gasteiger partial charge is 0.508 e. The van der Waals surface area contributed by atoms with E-state index in [2.05, 4.69) is 0 Å². The zero-order chi connectivity index (χ0) is 11.6. The number of phenolic OH excluding ortho intramolecular Hbond substituents is 1. The molecule has 0 saturated heterocycles. The number of carbonyl (C=O) groups is 1. The van der Waals surface area contributed by atoms with Crippen LogP contribution in [-0.2, 0) is 11.2 Å². The van der Waals surface area contributed by atoms with Gasteiger partial charge in [0.05, 0.1) is 0 Å². The molecule has 0 aliphatic heterocycles. The van der Waals surface area contributed by atoms with Gasteiger partial charge in [0.25, 0.3) is 0 Å². The van der Waals surface area contributed by atoms with Crippen molar-refractivity contribution in [1.82, 2.24) is 0 Å². The van der Waals surface area contributed by atoms with Gasteiger partial charge in [-0.2, -0.15) is 0 Å². The quantitative estimate of drug-likeness (QED) is 0.730. The molecule has 0 saturated carbocycles. The maximum atomic E-state index is 10.6. The zero-order valence-electron chi connectivity index (χ0n) is 8.20. The van der Waals surface area contributed by atoms with Crippen LogP contribution in [0.3, 0.4) is 0 Å². The van der Waals surface area contributed by atoms with Gasteiger partial charge in [-0.25, -0.2) is 0 Å². The summed E-state index contributed by atoms with van der Waals surface area (Å²) in [6.07, 6.45) is 0.101. The maximum Gasteiger partial charge on any atom is 0.320 e. The number of aliphatic carboxylic acids is 1. The SMILES string of the molecule is Cc1cc(O)cc(CC(N)C(=O)O)c1Cl. The molecule has 1 unspecified atom stereocenters. The van der Waals surface area contributed by atoms with Crippen LogP contribution in [0.15, 0.2) is 12.1 Å². The summed E-state index contributed by atoms with van der Waals surface area (Å²) in [5, 5.41) is 18.4. The Labute approximate surface area is 92.3 Å². The summed E-state index contributed by atoms with van der Waals surface area (Å²) in [5.41, 5.74) is 6.62. The van der Waals surface area contributed by atoms with E-state index in [4.69, 9.17) is 22.4 Å². The van der Waals surface area contributed by atoms with Gasteiger partial charge in [0.15, 0.2) is 0 Å². The standard InChI is InChI=1S/C10H12ClNO3/c1-5-2-7(13)3-6(9(5)11)4-8(12)10(14)15/h2-3,8,13H,4,12H2,1H3,(H,14,15). The molecule has 0 spiro atoms. The van der Waals surface area contributed by atoms with E-state index < -0.39 is 12.0 Å². The maximum absolute atomic E-state index is 10.6. The molecule has 1 aromatic rings. The molecule has 15 heavy (non-hydrogen) atoms. The van der Waals surface area contributed by atoms with Gasteiger partial charge in [-0.3, -0.25) is 4.79 Å². The van der Waals surface area contributed by atoms with Crippen LogP contribution >= 0.6 is 11.6 Å². The van der Waals surface area contributed by atoms with Crippen LogP contribution in [0.5, 0.6) is 5.75 Å². The highest BCUT2D eigenvalue weighted by molar-refractivity contribution is 6.32. The molecule has 1 aromatic carbocycles. The number of hydrogen-bond donors (Lipinski definition) is 3. The lowest BCUT2D eigenvalue weighted by atomic mass is 10.0. The van der Waals surface area contributed by atoms with Crippen LogP contribution in [0.2, 0.25) is 5.02 Å². The molecule has 0 radical (unpaired) electrons. The summed E-state index contributed by atoms with van der Waals surface area (Å²) in [7, 11) is 0. The second kappa shape index (κ2) is 4.51. The first kappa shape index (κ1) is 11.8. The minimum atomic E-state index is -1.09. The molecule has 1 atom stereocenters. The van der Waals surface area contributed by atoms with Crippen LogP contribution in [0.4, 0.5) is 0 Å². The lowest BCUT2D eigenvalue weighted by Crippen LogP contribution is -2.32. The van der Waals surface area contributed by atoms with Gasteiger partial charge in [0.1, 0.15) is 11.8 Å². The predicted molar refractivity (Wildman–Crippen MR) is 57.2 cm³/mol. The number of halogens is 1. The Kier molecular flexibility index (Phi) is 3.55. The number of phenols is 1. The van der Waals surface area contributed by atoms with Crippen LogP contribution in [0.25, 0.3) is 0 Å². The number of nitrogens with two attached hydrogens (primary N) is 1. The molecule has 4 nitrogen and oxygen atoms in total. The first-order chi connectivity index (χ1) is 6.91. The molecule has 0 aliphatic carbocycles. The van der Waals surface area contributed by atoms with Gasteiger partial charge in [0, 0.05) is 5.02 Å². The number of aromatic hydroxyl groups is 1. The molecule has 0 bridgehead atoms. The van der Waals surface area contributed by atoms with Crippen molar-refractivity contribution in [2.24, 2.45) is 5.73 Å². The third-order valence-corrected chi connectivity index (χ3v) is 2.61. The molecular formula is C10H12ClNO3. The molecular weight excluding hydrogens is 218 g/mol. The van der Waals surface area contributed by atoms with Crippen molar-refractivity contribution in [2.75, 3.05) is 0 Å². The van der Waals surface area contributed by atoms with E-state index in [-0.39, 0.29) is 12.2 Å². The van der Waals surface area contributed by atoms with Crippen LogP contribution < -0.4 is 5.73 Å². The zero-order valence-corrected chi connectivity index (χ0v) is 8.95. The number of carboxylic acids is 1. The van der Waals surface area contributed by atoms with Gasteiger partial charge < -0.3 is 15.9 Å². The monoisotopic (exact) mass is 229 g/mol. The summed E-state index contributed by atoms with van der Waals surface area (Å²) >= 11 is 5.95. The fourth-order valence-corrected chi connectivity index (χ4v) is 1.48. The molecule has 82 valence electrons. The van der Waals surface area contributed by atoms with Crippen molar-refractivity contribution in [2.45, 2.75) is 19.4 Å². The number of benzene rings is 1. The van der Waals surface area contributed by atoms with E-state index in [1.54, 1.807) is 6.92 Å². The minimum absolute atomic E-state index is 0.0597. The Morgan fingerprint density at radius 2 is 2.20 bits per heavy atom. The highest BCUT2D eigenvalue weighted by Crippen LogP contribution is 2.26. The van der Waals surface area contributed by atoms with Gasteiger partial charge in [-0.05, 0) is 36.6 Å². The number of rotatable bonds is 3. The van der Waals surface area contributed by atoms with E-state index in [1.165, 1.54) is 12.1 Å². The third-order valence-electron chi connectivity index (χ3n) is 2.07.